The highest BCUT2D eigenvalue weighted by Crippen LogP contribution is 2.15. The monoisotopic (exact) mass is 319 g/mol. The first kappa shape index (κ1) is 17.8. The van der Waals surface area contributed by atoms with E-state index in [0.717, 1.165) is 31.5 Å². The van der Waals surface area contributed by atoms with Gasteiger partial charge in [0.2, 0.25) is 0 Å². The Morgan fingerprint density at radius 2 is 1.87 bits per heavy atom. The molecule has 0 aliphatic carbocycles. The third-order valence-corrected chi connectivity index (χ3v) is 4.43. The minimum absolute atomic E-state index is 0.00113. The number of urea groups is 1. The molecule has 0 unspecified atom stereocenters. The minimum atomic E-state index is -0.00113. The molecule has 1 aliphatic heterocycles. The Hall–Kier alpha value is -1.59. The Morgan fingerprint density at radius 1 is 1.22 bits per heavy atom. The highest BCUT2D eigenvalue weighted by Gasteiger charge is 2.21. The van der Waals surface area contributed by atoms with Crippen molar-refractivity contribution in [1.82, 2.24) is 15.1 Å². The molecule has 2 rings (SSSR count). The Kier molecular flexibility index (Phi) is 6.86. The molecular weight excluding hydrogens is 290 g/mol. The van der Waals surface area contributed by atoms with Gasteiger partial charge in [0.05, 0.1) is 12.6 Å². The van der Waals surface area contributed by atoms with Crippen molar-refractivity contribution < 1.29 is 9.90 Å². The van der Waals surface area contributed by atoms with Crippen LogP contribution in [0.1, 0.15) is 37.4 Å². The van der Waals surface area contributed by atoms with E-state index in [0.29, 0.717) is 19.6 Å². The van der Waals surface area contributed by atoms with Gasteiger partial charge in [-0.15, -0.1) is 0 Å². The number of nitrogens with one attached hydrogen (secondary N) is 1. The molecule has 1 aliphatic rings. The van der Waals surface area contributed by atoms with Gasteiger partial charge in [-0.3, -0.25) is 4.90 Å². The molecular formula is C18H29N3O2. The summed E-state index contributed by atoms with van der Waals surface area (Å²) in [6, 6.07) is 8.52. The van der Waals surface area contributed by atoms with Crippen LogP contribution in [-0.4, -0.2) is 60.3 Å². The maximum Gasteiger partial charge on any atom is 0.317 e. The normalized spacial score (nSPS) is 17.1. The van der Waals surface area contributed by atoms with Crippen LogP contribution in [0.15, 0.2) is 24.3 Å². The number of hydrogen-bond acceptors (Lipinski definition) is 3. The van der Waals surface area contributed by atoms with Gasteiger partial charge in [0, 0.05) is 32.7 Å². The molecule has 5 heteroatoms. The molecule has 23 heavy (non-hydrogen) atoms. The van der Waals surface area contributed by atoms with Crippen molar-refractivity contribution in [1.29, 1.82) is 0 Å². The molecule has 0 radical (unpaired) electrons. The molecule has 2 amide bonds. The fraction of sp³-hybridized carbons (Fsp3) is 0.611. The number of carbonyl (C=O) groups excluding carboxylic acids is 1. The smallest absolute Gasteiger partial charge is 0.317 e. The van der Waals surface area contributed by atoms with Crippen LogP contribution in [0.2, 0.25) is 0 Å². The van der Waals surface area contributed by atoms with Gasteiger partial charge in [0.1, 0.15) is 0 Å². The summed E-state index contributed by atoms with van der Waals surface area (Å²) in [7, 11) is 0. The van der Waals surface area contributed by atoms with E-state index in [1.165, 1.54) is 5.56 Å². The predicted molar refractivity (Wildman–Crippen MR) is 92.5 cm³/mol. The van der Waals surface area contributed by atoms with Gasteiger partial charge in [-0.05, 0) is 24.5 Å². The van der Waals surface area contributed by atoms with Crippen LogP contribution < -0.4 is 5.32 Å². The van der Waals surface area contributed by atoms with Crippen LogP contribution in [-0.2, 0) is 6.42 Å². The molecule has 2 N–H and O–H groups in total. The summed E-state index contributed by atoms with van der Waals surface area (Å²) in [5, 5.41) is 12.0. The Labute approximate surface area is 139 Å². The van der Waals surface area contributed by atoms with Gasteiger partial charge >= 0.3 is 6.03 Å². The van der Waals surface area contributed by atoms with Crippen molar-refractivity contribution in [2.75, 3.05) is 39.3 Å². The maximum atomic E-state index is 12.4. The fourth-order valence-electron chi connectivity index (χ4n) is 2.94. The van der Waals surface area contributed by atoms with Crippen LogP contribution >= 0.6 is 0 Å². The third kappa shape index (κ3) is 5.22. The van der Waals surface area contributed by atoms with Crippen molar-refractivity contribution in [3.63, 3.8) is 0 Å². The standard InChI is InChI=1S/C18H29N3O2/c1-3-4-16-5-7-17(8-6-16)15(2)19-18(23)21-11-9-20(10-12-21)13-14-22/h5-8,15,22H,3-4,9-14H2,1-2H3,(H,19,23)/t15-/m1/s1. The number of amides is 2. The van der Waals surface area contributed by atoms with E-state index >= 15 is 0 Å². The summed E-state index contributed by atoms with van der Waals surface area (Å²) in [6.45, 7) is 8.16. The summed E-state index contributed by atoms with van der Waals surface area (Å²) in [5.74, 6) is 0. The summed E-state index contributed by atoms with van der Waals surface area (Å²) in [6.07, 6.45) is 2.24. The van der Waals surface area contributed by atoms with E-state index in [1.54, 1.807) is 0 Å². The average Bonchev–Trinajstić information content (AvgIpc) is 2.56. The summed E-state index contributed by atoms with van der Waals surface area (Å²) in [5.41, 5.74) is 2.48. The number of β-amino-alcohol motifs (C(OH)–C–C–N with tert-alkyl or cyclic N) is 1. The van der Waals surface area contributed by atoms with Crippen molar-refractivity contribution in [2.45, 2.75) is 32.7 Å². The number of piperazine rings is 1. The molecule has 128 valence electrons. The number of nitrogens with zero attached hydrogens (tertiary/aromatic N) is 2. The van der Waals surface area contributed by atoms with Crippen LogP contribution in [0.3, 0.4) is 0 Å². The summed E-state index contributed by atoms with van der Waals surface area (Å²) in [4.78, 5) is 16.4. The van der Waals surface area contributed by atoms with E-state index < -0.39 is 0 Å². The summed E-state index contributed by atoms with van der Waals surface area (Å²) < 4.78 is 0. The molecule has 1 atom stereocenters. The number of aryl methyl sites for hydroxylation is 1. The Bertz CT molecular complexity index is 482. The van der Waals surface area contributed by atoms with Crippen molar-refractivity contribution in [2.24, 2.45) is 0 Å². The van der Waals surface area contributed by atoms with Gasteiger partial charge in [-0.25, -0.2) is 4.79 Å². The Morgan fingerprint density at radius 3 is 2.43 bits per heavy atom. The van der Waals surface area contributed by atoms with Gasteiger partial charge in [0.15, 0.2) is 0 Å². The van der Waals surface area contributed by atoms with E-state index in [4.69, 9.17) is 5.11 Å². The zero-order valence-electron chi connectivity index (χ0n) is 14.3. The first-order valence-corrected chi connectivity index (χ1v) is 8.61. The van der Waals surface area contributed by atoms with Crippen molar-refractivity contribution >= 4 is 6.03 Å². The molecule has 0 spiro atoms. The molecule has 1 saturated heterocycles. The molecule has 1 heterocycles. The highest BCUT2D eigenvalue weighted by molar-refractivity contribution is 5.74. The summed E-state index contributed by atoms with van der Waals surface area (Å²) >= 11 is 0. The number of carbonyl (C=O) groups is 1. The van der Waals surface area contributed by atoms with E-state index in [2.05, 4.69) is 41.4 Å². The molecule has 0 bridgehead atoms. The van der Waals surface area contributed by atoms with E-state index in [1.807, 2.05) is 11.8 Å². The second-order valence-electron chi connectivity index (χ2n) is 6.22. The molecule has 0 aromatic heterocycles. The predicted octanol–water partition coefficient (Wildman–Crippen LogP) is 2.02. The van der Waals surface area contributed by atoms with Gasteiger partial charge < -0.3 is 15.3 Å². The first-order valence-electron chi connectivity index (χ1n) is 8.61. The molecule has 5 nitrogen and oxygen atoms in total. The van der Waals surface area contributed by atoms with Crippen LogP contribution in [0.4, 0.5) is 4.79 Å². The molecule has 0 saturated carbocycles. The second kappa shape index (κ2) is 8.89. The topological polar surface area (TPSA) is 55.8 Å². The van der Waals surface area contributed by atoms with Crippen LogP contribution in [0, 0.1) is 0 Å². The highest BCUT2D eigenvalue weighted by atomic mass is 16.3. The first-order chi connectivity index (χ1) is 11.1. The van der Waals surface area contributed by atoms with E-state index in [-0.39, 0.29) is 18.7 Å². The number of rotatable bonds is 6. The van der Waals surface area contributed by atoms with E-state index in [9.17, 15) is 4.79 Å². The minimum Gasteiger partial charge on any atom is -0.395 e. The number of aliphatic hydroxyl groups excluding tert-OH is 1. The largest absolute Gasteiger partial charge is 0.395 e. The van der Waals surface area contributed by atoms with Gasteiger partial charge in [0.25, 0.3) is 0 Å². The SMILES string of the molecule is CCCc1ccc([C@@H](C)NC(=O)N2CCN(CCO)CC2)cc1. The quantitative estimate of drug-likeness (QED) is 0.843. The van der Waals surface area contributed by atoms with Crippen molar-refractivity contribution in [3.05, 3.63) is 35.4 Å². The molecule has 1 aromatic rings. The van der Waals surface area contributed by atoms with Crippen LogP contribution in [0.5, 0.6) is 0 Å². The van der Waals surface area contributed by atoms with Crippen LogP contribution in [0.25, 0.3) is 0 Å². The lowest BCUT2D eigenvalue weighted by Gasteiger charge is -2.35. The second-order valence-corrected chi connectivity index (χ2v) is 6.22. The average molecular weight is 319 g/mol. The zero-order valence-corrected chi connectivity index (χ0v) is 14.3. The van der Waals surface area contributed by atoms with Gasteiger partial charge in [-0.1, -0.05) is 37.6 Å². The molecule has 1 aromatic carbocycles. The fourth-order valence-corrected chi connectivity index (χ4v) is 2.94. The third-order valence-electron chi connectivity index (χ3n) is 4.43. The number of hydrogen-bond donors (Lipinski definition) is 2. The van der Waals surface area contributed by atoms with Crippen molar-refractivity contribution in [3.8, 4) is 0 Å². The number of benzene rings is 1. The van der Waals surface area contributed by atoms with Gasteiger partial charge in [-0.2, -0.15) is 0 Å². The number of aliphatic hydroxyl groups is 1. The lowest BCUT2D eigenvalue weighted by molar-refractivity contribution is 0.121. The maximum absolute atomic E-state index is 12.4. The lowest BCUT2D eigenvalue weighted by Crippen LogP contribution is -2.52. The Balaban J connectivity index is 1.82. The lowest BCUT2D eigenvalue weighted by atomic mass is 10.0. The zero-order chi connectivity index (χ0) is 16.7. The molecule has 1 fully saturated rings.